The highest BCUT2D eigenvalue weighted by molar-refractivity contribution is 6.30. The number of fused-ring (bicyclic) bond motifs is 1. The molecule has 1 N–H and O–H groups in total. The first-order valence-corrected chi connectivity index (χ1v) is 11.8. The predicted octanol–water partition coefficient (Wildman–Crippen LogP) is 6.29. The van der Waals surface area contributed by atoms with Gasteiger partial charge in [-0.15, -0.1) is 0 Å². The van der Waals surface area contributed by atoms with Crippen LogP contribution in [-0.2, 0) is 16.8 Å². The molecule has 3 aromatic carbocycles. The van der Waals surface area contributed by atoms with Crippen molar-refractivity contribution in [3.05, 3.63) is 94.8 Å². The number of nitrogens with one attached hydrogen (secondary N) is 1. The molecule has 1 unspecified atom stereocenters. The fourth-order valence-electron chi connectivity index (χ4n) is 3.91. The minimum absolute atomic E-state index is 0.0829. The summed E-state index contributed by atoms with van der Waals surface area (Å²) in [5, 5.41) is 3.64. The number of aromatic nitrogens is 2. The predicted molar refractivity (Wildman–Crippen MR) is 137 cm³/mol. The van der Waals surface area contributed by atoms with Crippen molar-refractivity contribution in [1.29, 1.82) is 0 Å². The van der Waals surface area contributed by atoms with Crippen LogP contribution in [0.2, 0.25) is 5.02 Å². The summed E-state index contributed by atoms with van der Waals surface area (Å²) in [5.74, 6) is 1.19. The fourth-order valence-corrected chi connectivity index (χ4v) is 4.04. The molecule has 1 aromatic heterocycles. The van der Waals surface area contributed by atoms with Gasteiger partial charge in [0.05, 0.1) is 17.1 Å². The molecule has 0 saturated heterocycles. The largest absolute Gasteiger partial charge is 0.484 e. The quantitative estimate of drug-likeness (QED) is 0.341. The van der Waals surface area contributed by atoms with Gasteiger partial charge < -0.3 is 14.6 Å². The van der Waals surface area contributed by atoms with Gasteiger partial charge in [0.15, 0.2) is 6.61 Å². The molecule has 1 heterocycles. The number of carbonyl (C=O) groups excluding carboxylic acids is 1. The minimum Gasteiger partial charge on any atom is -0.484 e. The Labute approximate surface area is 205 Å². The summed E-state index contributed by atoms with van der Waals surface area (Å²) in [6.45, 7) is 9.17. The Hall–Kier alpha value is -3.31. The first-order chi connectivity index (χ1) is 16.2. The van der Waals surface area contributed by atoms with Crippen molar-refractivity contribution in [2.24, 2.45) is 0 Å². The Morgan fingerprint density at radius 2 is 1.71 bits per heavy atom. The molecule has 0 fully saturated rings. The first-order valence-electron chi connectivity index (χ1n) is 11.4. The van der Waals surface area contributed by atoms with Gasteiger partial charge in [0.2, 0.25) is 0 Å². The average molecular weight is 476 g/mol. The molecule has 1 atom stereocenters. The highest BCUT2D eigenvalue weighted by Gasteiger charge is 2.19. The highest BCUT2D eigenvalue weighted by Crippen LogP contribution is 2.25. The summed E-state index contributed by atoms with van der Waals surface area (Å²) in [6.07, 6.45) is 0. The molecule has 6 heteroatoms. The van der Waals surface area contributed by atoms with E-state index in [4.69, 9.17) is 21.3 Å². The zero-order valence-electron chi connectivity index (χ0n) is 20.0. The van der Waals surface area contributed by atoms with Crippen LogP contribution in [0.1, 0.15) is 50.7 Å². The van der Waals surface area contributed by atoms with Crippen LogP contribution in [0.15, 0.2) is 72.8 Å². The van der Waals surface area contributed by atoms with Crippen LogP contribution in [0.25, 0.3) is 11.0 Å². The van der Waals surface area contributed by atoms with Crippen molar-refractivity contribution >= 4 is 28.5 Å². The van der Waals surface area contributed by atoms with Gasteiger partial charge in [-0.25, -0.2) is 4.98 Å². The maximum Gasteiger partial charge on any atom is 0.258 e. The van der Waals surface area contributed by atoms with Crippen molar-refractivity contribution in [3.63, 3.8) is 0 Å². The number of carbonyl (C=O) groups is 1. The first kappa shape index (κ1) is 23.8. The number of rotatable bonds is 7. The molecule has 4 aromatic rings. The normalized spacial score (nSPS) is 12.5. The van der Waals surface area contributed by atoms with Gasteiger partial charge in [-0.1, -0.05) is 68.8 Å². The summed E-state index contributed by atoms with van der Waals surface area (Å²) in [4.78, 5) is 17.4. The molecule has 0 saturated carbocycles. The Morgan fingerprint density at radius 1 is 1.03 bits per heavy atom. The molecule has 0 bridgehead atoms. The summed E-state index contributed by atoms with van der Waals surface area (Å²) in [6, 6.07) is 23.4. The summed E-state index contributed by atoms with van der Waals surface area (Å²) >= 11 is 5.90. The molecule has 176 valence electrons. The summed E-state index contributed by atoms with van der Waals surface area (Å²) in [7, 11) is 0. The molecule has 0 radical (unpaired) electrons. The third-order valence-electron chi connectivity index (χ3n) is 5.79. The van der Waals surface area contributed by atoms with E-state index in [1.54, 1.807) is 24.3 Å². The molecular weight excluding hydrogens is 446 g/mol. The molecule has 0 spiro atoms. The number of nitrogens with zero attached hydrogens (tertiary/aromatic N) is 2. The van der Waals surface area contributed by atoms with E-state index in [1.165, 1.54) is 11.1 Å². The van der Waals surface area contributed by atoms with Gasteiger partial charge in [0, 0.05) is 11.6 Å². The standard InChI is InChI=1S/C28H30ClN3O2/c1-19(30-26(33)18-34-23-15-13-22(29)14-16-23)27-31-24-7-5-6-8-25(24)32(27)17-20-9-11-21(12-10-20)28(2,3)4/h5-16,19H,17-18H2,1-4H3,(H,30,33). The number of hydrogen-bond donors (Lipinski definition) is 1. The lowest BCUT2D eigenvalue weighted by molar-refractivity contribution is -0.123. The molecule has 0 aliphatic rings. The topological polar surface area (TPSA) is 56.1 Å². The molecule has 5 nitrogen and oxygen atoms in total. The summed E-state index contributed by atoms with van der Waals surface area (Å²) in [5.41, 5.74) is 4.53. The van der Waals surface area contributed by atoms with E-state index < -0.39 is 0 Å². The second kappa shape index (κ2) is 9.90. The molecular formula is C28H30ClN3O2. The van der Waals surface area contributed by atoms with Crippen LogP contribution < -0.4 is 10.1 Å². The number of hydrogen-bond acceptors (Lipinski definition) is 3. The molecule has 4 rings (SSSR count). The minimum atomic E-state index is -0.289. The van der Waals surface area contributed by atoms with Gasteiger partial charge in [-0.3, -0.25) is 4.79 Å². The number of benzene rings is 3. The zero-order valence-corrected chi connectivity index (χ0v) is 20.8. The zero-order chi connectivity index (χ0) is 24.3. The van der Waals surface area contributed by atoms with Crippen molar-refractivity contribution in [3.8, 4) is 5.75 Å². The van der Waals surface area contributed by atoms with Crippen molar-refractivity contribution < 1.29 is 9.53 Å². The number of amides is 1. The van der Waals surface area contributed by atoms with Gasteiger partial charge in [0.1, 0.15) is 11.6 Å². The van der Waals surface area contributed by atoms with Crippen LogP contribution in [0.5, 0.6) is 5.75 Å². The van der Waals surface area contributed by atoms with Gasteiger partial charge in [0.25, 0.3) is 5.91 Å². The van der Waals surface area contributed by atoms with E-state index in [2.05, 4.69) is 61.0 Å². The number of para-hydroxylation sites is 2. The van der Waals surface area contributed by atoms with E-state index in [9.17, 15) is 4.79 Å². The van der Waals surface area contributed by atoms with Crippen LogP contribution in [0.3, 0.4) is 0 Å². The van der Waals surface area contributed by atoms with E-state index in [0.29, 0.717) is 17.3 Å². The van der Waals surface area contributed by atoms with E-state index in [1.807, 2.05) is 25.1 Å². The third kappa shape index (κ3) is 5.60. The monoisotopic (exact) mass is 475 g/mol. The van der Waals surface area contributed by atoms with E-state index in [0.717, 1.165) is 16.9 Å². The molecule has 34 heavy (non-hydrogen) atoms. The molecule has 0 aliphatic carbocycles. The van der Waals surface area contributed by atoms with E-state index in [-0.39, 0.29) is 24.0 Å². The Bertz CT molecular complexity index is 1270. The lowest BCUT2D eigenvalue weighted by Gasteiger charge is -2.20. The number of ether oxygens (including phenoxy) is 1. The Balaban J connectivity index is 1.52. The van der Waals surface area contributed by atoms with Gasteiger partial charge in [-0.05, 0) is 59.9 Å². The third-order valence-corrected chi connectivity index (χ3v) is 6.05. The molecule has 1 amide bonds. The van der Waals surface area contributed by atoms with Crippen molar-refractivity contribution in [1.82, 2.24) is 14.9 Å². The SMILES string of the molecule is CC(NC(=O)COc1ccc(Cl)cc1)c1nc2ccccc2n1Cc1ccc(C(C)(C)C)cc1. The smallest absolute Gasteiger partial charge is 0.258 e. The summed E-state index contributed by atoms with van der Waals surface area (Å²) < 4.78 is 7.76. The molecule has 0 aliphatic heterocycles. The second-order valence-corrected chi connectivity index (χ2v) is 9.96. The van der Waals surface area contributed by atoms with Crippen LogP contribution in [0.4, 0.5) is 0 Å². The van der Waals surface area contributed by atoms with Gasteiger partial charge >= 0.3 is 0 Å². The average Bonchev–Trinajstić information content (AvgIpc) is 3.17. The van der Waals surface area contributed by atoms with Crippen LogP contribution in [0, 0.1) is 0 Å². The maximum atomic E-state index is 12.6. The highest BCUT2D eigenvalue weighted by atomic mass is 35.5. The van der Waals surface area contributed by atoms with Crippen LogP contribution >= 0.6 is 11.6 Å². The van der Waals surface area contributed by atoms with Gasteiger partial charge in [-0.2, -0.15) is 0 Å². The Kier molecular flexibility index (Phi) is 6.94. The van der Waals surface area contributed by atoms with E-state index >= 15 is 0 Å². The maximum absolute atomic E-state index is 12.6. The number of halogens is 1. The lowest BCUT2D eigenvalue weighted by atomic mass is 9.87. The van der Waals surface area contributed by atoms with Crippen molar-refractivity contribution in [2.75, 3.05) is 6.61 Å². The fraction of sp³-hybridized carbons (Fsp3) is 0.286. The van der Waals surface area contributed by atoms with Crippen molar-refractivity contribution in [2.45, 2.75) is 45.7 Å². The second-order valence-electron chi connectivity index (χ2n) is 9.52. The van der Waals surface area contributed by atoms with Crippen LogP contribution in [-0.4, -0.2) is 22.1 Å². The Morgan fingerprint density at radius 3 is 2.38 bits per heavy atom. The number of imidazole rings is 1. The lowest BCUT2D eigenvalue weighted by Crippen LogP contribution is -2.32.